The second kappa shape index (κ2) is 5.94. The van der Waals surface area contributed by atoms with Gasteiger partial charge in [-0.05, 0) is 24.7 Å². The van der Waals surface area contributed by atoms with Crippen molar-refractivity contribution >= 4 is 17.7 Å². The summed E-state index contributed by atoms with van der Waals surface area (Å²) < 4.78 is 1.26. The number of aliphatic carboxylic acids is 1. The highest BCUT2D eigenvalue weighted by Gasteiger charge is 2.41. The Morgan fingerprint density at radius 2 is 2.25 bits per heavy atom. The van der Waals surface area contributed by atoms with Crippen LogP contribution in [-0.4, -0.2) is 33.4 Å². The number of carbonyl (C=O) groups excluding carboxylic acids is 1. The van der Waals surface area contributed by atoms with Gasteiger partial charge in [0.25, 0.3) is 0 Å². The van der Waals surface area contributed by atoms with Gasteiger partial charge in [-0.15, -0.1) is 0 Å². The predicted octanol–water partition coefficient (Wildman–Crippen LogP) is 1.67. The van der Waals surface area contributed by atoms with Crippen molar-refractivity contribution < 1.29 is 14.7 Å². The lowest BCUT2D eigenvalue weighted by atomic mass is 10.0. The number of nitrogens with zero attached hydrogens (tertiary/aromatic N) is 2. The summed E-state index contributed by atoms with van der Waals surface area (Å²) in [5.41, 5.74) is 0.795. The van der Waals surface area contributed by atoms with Crippen molar-refractivity contribution in [3.8, 4) is 0 Å². The highest BCUT2D eigenvalue weighted by Crippen LogP contribution is 2.48. The average molecular weight is 280 g/mol. The van der Waals surface area contributed by atoms with E-state index >= 15 is 0 Å². The molecular weight excluding hydrogens is 260 g/mol. The van der Waals surface area contributed by atoms with Gasteiger partial charge >= 0.3 is 12.0 Å². The van der Waals surface area contributed by atoms with Gasteiger partial charge in [0, 0.05) is 12.7 Å². The van der Waals surface area contributed by atoms with E-state index in [2.05, 4.69) is 22.7 Å². The van der Waals surface area contributed by atoms with Gasteiger partial charge in [0.2, 0.25) is 0 Å². The first-order valence-electron chi connectivity index (χ1n) is 6.82. The third kappa shape index (κ3) is 3.97. The molecule has 1 aliphatic carbocycles. The van der Waals surface area contributed by atoms with Crippen LogP contribution in [0.3, 0.4) is 0 Å². The molecule has 0 aliphatic heterocycles. The maximum absolute atomic E-state index is 11.7. The summed E-state index contributed by atoms with van der Waals surface area (Å²) in [6, 6.07) is -0.276. The van der Waals surface area contributed by atoms with Crippen molar-refractivity contribution in [1.29, 1.82) is 0 Å². The molecule has 0 atom stereocenters. The van der Waals surface area contributed by atoms with Gasteiger partial charge < -0.3 is 15.7 Å². The summed E-state index contributed by atoms with van der Waals surface area (Å²) in [5, 5.41) is 18.0. The Morgan fingerprint density at radius 1 is 1.50 bits per heavy atom. The lowest BCUT2D eigenvalue weighted by molar-refractivity contribution is -0.137. The van der Waals surface area contributed by atoms with Gasteiger partial charge in [-0.1, -0.05) is 13.3 Å². The number of carboxylic acid groups (broad SMARTS) is 1. The van der Waals surface area contributed by atoms with Crippen LogP contribution in [0, 0.1) is 5.41 Å². The fourth-order valence-electron chi connectivity index (χ4n) is 2.32. The Hall–Kier alpha value is -2.05. The summed E-state index contributed by atoms with van der Waals surface area (Å²) in [6.45, 7) is 2.62. The lowest BCUT2D eigenvalue weighted by Gasteiger charge is -2.14. The molecule has 1 fully saturated rings. The number of urea groups is 1. The zero-order valence-corrected chi connectivity index (χ0v) is 11.6. The van der Waals surface area contributed by atoms with Crippen LogP contribution < -0.4 is 10.6 Å². The predicted molar refractivity (Wildman–Crippen MR) is 73.5 cm³/mol. The summed E-state index contributed by atoms with van der Waals surface area (Å²) in [5.74, 6) is -0.973. The van der Waals surface area contributed by atoms with E-state index in [0.717, 1.165) is 12.8 Å². The minimum Gasteiger partial charge on any atom is -0.480 e. The molecule has 0 saturated heterocycles. The molecule has 0 unspecified atom stereocenters. The fourth-order valence-corrected chi connectivity index (χ4v) is 2.32. The van der Waals surface area contributed by atoms with E-state index in [0.29, 0.717) is 17.6 Å². The van der Waals surface area contributed by atoms with E-state index in [4.69, 9.17) is 5.11 Å². The number of hydrogen-bond donors (Lipinski definition) is 3. The minimum atomic E-state index is -0.973. The molecule has 1 aromatic heterocycles. The van der Waals surface area contributed by atoms with Crippen molar-refractivity contribution in [2.75, 3.05) is 11.9 Å². The normalized spacial score (nSPS) is 15.7. The Labute approximate surface area is 117 Å². The number of hydrogen-bond acceptors (Lipinski definition) is 3. The summed E-state index contributed by atoms with van der Waals surface area (Å²) >= 11 is 0. The Balaban J connectivity index is 1.77. The SMILES string of the molecule is CCCC1(CNC(=O)Nc2cnn(CC(=O)O)c2)CC1. The van der Waals surface area contributed by atoms with E-state index in [9.17, 15) is 9.59 Å². The van der Waals surface area contributed by atoms with Crippen LogP contribution >= 0.6 is 0 Å². The van der Waals surface area contributed by atoms with Gasteiger partial charge in [0.05, 0.1) is 11.9 Å². The summed E-state index contributed by atoms with van der Waals surface area (Å²) in [7, 11) is 0. The van der Waals surface area contributed by atoms with Crippen LogP contribution in [-0.2, 0) is 11.3 Å². The minimum absolute atomic E-state index is 0.219. The average Bonchev–Trinajstić information content (AvgIpc) is 3.01. The standard InChI is InChI=1S/C13H20N4O3/c1-2-3-13(4-5-13)9-14-12(20)16-10-6-15-17(7-10)8-11(18)19/h6-7H,2-5,8-9H2,1H3,(H,18,19)(H2,14,16,20). The van der Waals surface area contributed by atoms with E-state index in [1.54, 1.807) is 0 Å². The number of anilines is 1. The Bertz CT molecular complexity index is 494. The van der Waals surface area contributed by atoms with Gasteiger partial charge in [0.1, 0.15) is 6.54 Å². The highest BCUT2D eigenvalue weighted by molar-refractivity contribution is 5.88. The quantitative estimate of drug-likeness (QED) is 0.707. The molecule has 0 aromatic carbocycles. The molecule has 0 radical (unpaired) electrons. The van der Waals surface area contributed by atoms with Gasteiger partial charge in [-0.25, -0.2) is 4.79 Å². The largest absolute Gasteiger partial charge is 0.480 e. The third-order valence-electron chi connectivity index (χ3n) is 3.55. The zero-order valence-electron chi connectivity index (χ0n) is 11.6. The first kappa shape index (κ1) is 14.4. The molecule has 0 spiro atoms. The molecule has 1 heterocycles. The molecule has 0 bridgehead atoms. The van der Waals surface area contributed by atoms with E-state index in [1.165, 1.54) is 29.9 Å². The number of carbonyl (C=O) groups is 2. The third-order valence-corrected chi connectivity index (χ3v) is 3.55. The van der Waals surface area contributed by atoms with Crippen LogP contribution in [0.2, 0.25) is 0 Å². The van der Waals surface area contributed by atoms with Crippen molar-refractivity contribution in [3.63, 3.8) is 0 Å². The van der Waals surface area contributed by atoms with Gasteiger partial charge in [-0.2, -0.15) is 5.10 Å². The van der Waals surface area contributed by atoms with Gasteiger partial charge in [-0.3, -0.25) is 9.48 Å². The maximum Gasteiger partial charge on any atom is 0.325 e. The molecule has 1 aromatic rings. The molecule has 2 rings (SSSR count). The summed E-state index contributed by atoms with van der Waals surface area (Å²) in [6.07, 6.45) is 7.55. The Kier molecular flexibility index (Phi) is 4.26. The molecular formula is C13H20N4O3. The lowest BCUT2D eigenvalue weighted by Crippen LogP contribution is -2.33. The number of aromatic nitrogens is 2. The van der Waals surface area contributed by atoms with Crippen LogP contribution in [0.25, 0.3) is 0 Å². The summed E-state index contributed by atoms with van der Waals surface area (Å²) in [4.78, 5) is 22.3. The van der Waals surface area contributed by atoms with Crippen molar-refractivity contribution in [3.05, 3.63) is 12.4 Å². The number of rotatable bonds is 7. The monoisotopic (exact) mass is 280 g/mol. The van der Waals surface area contributed by atoms with Crippen LogP contribution in [0.4, 0.5) is 10.5 Å². The highest BCUT2D eigenvalue weighted by atomic mass is 16.4. The van der Waals surface area contributed by atoms with Crippen LogP contribution in [0.1, 0.15) is 32.6 Å². The Morgan fingerprint density at radius 3 is 2.85 bits per heavy atom. The van der Waals surface area contributed by atoms with Crippen LogP contribution in [0.5, 0.6) is 0 Å². The smallest absolute Gasteiger partial charge is 0.325 e. The molecule has 2 amide bonds. The molecule has 7 heteroatoms. The van der Waals surface area contributed by atoms with E-state index < -0.39 is 5.97 Å². The van der Waals surface area contributed by atoms with Crippen molar-refractivity contribution in [1.82, 2.24) is 15.1 Å². The maximum atomic E-state index is 11.7. The topological polar surface area (TPSA) is 96.3 Å². The number of amides is 2. The molecule has 110 valence electrons. The van der Waals surface area contributed by atoms with Gasteiger partial charge in [0.15, 0.2) is 0 Å². The van der Waals surface area contributed by atoms with Crippen molar-refractivity contribution in [2.45, 2.75) is 39.2 Å². The number of carboxylic acids is 1. The number of nitrogens with one attached hydrogen (secondary N) is 2. The zero-order chi connectivity index (χ0) is 14.6. The van der Waals surface area contributed by atoms with Crippen LogP contribution in [0.15, 0.2) is 12.4 Å². The molecule has 7 nitrogen and oxygen atoms in total. The van der Waals surface area contributed by atoms with Crippen molar-refractivity contribution in [2.24, 2.45) is 5.41 Å². The molecule has 1 aliphatic rings. The second-order valence-corrected chi connectivity index (χ2v) is 5.38. The fraction of sp³-hybridized carbons (Fsp3) is 0.615. The van der Waals surface area contributed by atoms with E-state index in [1.807, 2.05) is 0 Å². The molecule has 20 heavy (non-hydrogen) atoms. The molecule has 1 saturated carbocycles. The first-order valence-corrected chi connectivity index (χ1v) is 6.82. The molecule has 3 N–H and O–H groups in total. The second-order valence-electron chi connectivity index (χ2n) is 5.38. The first-order chi connectivity index (χ1) is 9.53. The van der Waals surface area contributed by atoms with E-state index in [-0.39, 0.29) is 12.6 Å².